The minimum absolute atomic E-state index is 0.394. The molecule has 110 valence electrons. The van der Waals surface area contributed by atoms with Crippen LogP contribution in [0.25, 0.3) is 0 Å². The van der Waals surface area contributed by atoms with Crippen molar-refractivity contribution >= 4 is 27.5 Å². The molecule has 0 spiro atoms. The van der Waals surface area contributed by atoms with Crippen molar-refractivity contribution in [1.82, 2.24) is 0 Å². The van der Waals surface area contributed by atoms with Crippen LogP contribution in [0.4, 0.5) is 18.9 Å². The first-order valence-corrected chi connectivity index (χ1v) is 6.58. The molecule has 3 nitrogen and oxygen atoms in total. The lowest BCUT2D eigenvalue weighted by Crippen LogP contribution is -2.21. The summed E-state index contributed by atoms with van der Waals surface area (Å²) in [5.74, 6) is -4.67. The molecule has 0 saturated heterocycles. The van der Waals surface area contributed by atoms with Crippen LogP contribution in [-0.4, -0.2) is 12.5 Å². The second-order valence-corrected chi connectivity index (χ2v) is 4.93. The minimum atomic E-state index is -1.64. The van der Waals surface area contributed by atoms with Crippen LogP contribution in [0.2, 0.25) is 0 Å². The molecule has 7 heteroatoms. The summed E-state index contributed by atoms with van der Waals surface area (Å²) in [6.45, 7) is -0.394. The first-order valence-electron chi connectivity index (χ1n) is 5.79. The van der Waals surface area contributed by atoms with Crippen molar-refractivity contribution in [1.29, 1.82) is 0 Å². The Balaban J connectivity index is 1.98. The van der Waals surface area contributed by atoms with Gasteiger partial charge in [0.1, 0.15) is 5.75 Å². The Morgan fingerprint density at radius 1 is 1.14 bits per heavy atom. The van der Waals surface area contributed by atoms with Gasteiger partial charge in [0.25, 0.3) is 5.91 Å². The monoisotopic (exact) mass is 359 g/mol. The van der Waals surface area contributed by atoms with Gasteiger partial charge in [-0.3, -0.25) is 4.79 Å². The third kappa shape index (κ3) is 3.98. The fourth-order valence-corrected chi connectivity index (χ4v) is 1.89. The van der Waals surface area contributed by atoms with Gasteiger partial charge in [-0.05, 0) is 30.3 Å². The van der Waals surface area contributed by atoms with Gasteiger partial charge >= 0.3 is 0 Å². The normalized spacial score (nSPS) is 10.3. The third-order valence-electron chi connectivity index (χ3n) is 2.48. The van der Waals surface area contributed by atoms with Gasteiger partial charge in [0.05, 0.1) is 5.69 Å². The number of halogens is 4. The number of anilines is 1. The molecular formula is C14H9BrF3NO2. The maximum atomic E-state index is 13.4. The Labute approximate surface area is 126 Å². The van der Waals surface area contributed by atoms with Crippen LogP contribution in [0.5, 0.6) is 5.75 Å². The first-order chi connectivity index (χ1) is 9.97. The van der Waals surface area contributed by atoms with E-state index < -0.39 is 35.7 Å². The predicted octanol–water partition coefficient (Wildman–Crippen LogP) is 3.88. The molecule has 0 saturated carbocycles. The number of ether oxygens (including phenoxy) is 1. The smallest absolute Gasteiger partial charge is 0.262 e. The summed E-state index contributed by atoms with van der Waals surface area (Å²) in [6.07, 6.45) is 0. The highest BCUT2D eigenvalue weighted by Gasteiger charge is 2.15. The van der Waals surface area contributed by atoms with E-state index in [0.29, 0.717) is 5.75 Å². The second-order valence-electron chi connectivity index (χ2n) is 4.02. The van der Waals surface area contributed by atoms with E-state index in [-0.39, 0.29) is 0 Å². The largest absolute Gasteiger partial charge is 0.484 e. The number of carbonyl (C=O) groups is 1. The Bertz CT molecular complexity index is 679. The number of benzene rings is 2. The fraction of sp³-hybridized carbons (Fsp3) is 0.0714. The zero-order chi connectivity index (χ0) is 15.4. The topological polar surface area (TPSA) is 38.3 Å². The maximum absolute atomic E-state index is 13.4. The molecule has 0 bridgehead atoms. The van der Waals surface area contributed by atoms with Crippen LogP contribution in [0, 0.1) is 17.5 Å². The molecule has 0 radical (unpaired) electrons. The van der Waals surface area contributed by atoms with E-state index in [4.69, 9.17) is 4.74 Å². The van der Waals surface area contributed by atoms with E-state index in [1.807, 2.05) is 0 Å². The molecule has 0 aromatic heterocycles. The van der Waals surface area contributed by atoms with Gasteiger partial charge in [0.15, 0.2) is 24.1 Å². The summed E-state index contributed by atoms with van der Waals surface area (Å²) in [5, 5.41) is 2.11. The van der Waals surface area contributed by atoms with Gasteiger partial charge in [-0.1, -0.05) is 22.0 Å². The second kappa shape index (κ2) is 6.62. The number of hydrogen-bond donors (Lipinski definition) is 1. The fourth-order valence-electron chi connectivity index (χ4n) is 1.51. The molecule has 0 unspecified atom stereocenters. The molecule has 0 aliphatic rings. The molecule has 0 atom stereocenters. The molecule has 2 aromatic rings. The number of carbonyl (C=O) groups excluding carboxylic acids is 1. The summed E-state index contributed by atoms with van der Waals surface area (Å²) < 4.78 is 45.1. The number of rotatable bonds is 4. The zero-order valence-electron chi connectivity index (χ0n) is 10.5. The summed E-state index contributed by atoms with van der Waals surface area (Å²) in [5.41, 5.74) is -0.447. The molecule has 1 N–H and O–H groups in total. The lowest BCUT2D eigenvalue weighted by molar-refractivity contribution is -0.118. The van der Waals surface area contributed by atoms with Gasteiger partial charge in [-0.2, -0.15) is 0 Å². The van der Waals surface area contributed by atoms with E-state index >= 15 is 0 Å². The van der Waals surface area contributed by atoms with E-state index in [2.05, 4.69) is 21.2 Å². The van der Waals surface area contributed by atoms with Crippen molar-refractivity contribution in [2.45, 2.75) is 0 Å². The molecular weight excluding hydrogens is 351 g/mol. The van der Waals surface area contributed by atoms with Crippen LogP contribution < -0.4 is 10.1 Å². The molecule has 1 amide bonds. The number of nitrogens with one attached hydrogen (secondary N) is 1. The summed E-state index contributed by atoms with van der Waals surface area (Å²) in [7, 11) is 0. The van der Waals surface area contributed by atoms with Crippen molar-refractivity contribution in [3.05, 3.63) is 58.3 Å². The molecule has 2 aromatic carbocycles. The molecule has 0 fully saturated rings. The van der Waals surface area contributed by atoms with Gasteiger partial charge in [0, 0.05) is 4.47 Å². The Hall–Kier alpha value is -2.02. The van der Waals surface area contributed by atoms with Crippen molar-refractivity contribution in [3.8, 4) is 5.75 Å². The summed E-state index contributed by atoms with van der Waals surface area (Å²) >= 11 is 3.24. The Morgan fingerprint density at radius 2 is 1.90 bits per heavy atom. The van der Waals surface area contributed by atoms with E-state index in [0.717, 1.165) is 16.6 Å². The van der Waals surface area contributed by atoms with Crippen LogP contribution in [0.3, 0.4) is 0 Å². The molecule has 0 aliphatic carbocycles. The van der Waals surface area contributed by atoms with Gasteiger partial charge in [-0.25, -0.2) is 13.2 Å². The molecule has 0 heterocycles. The number of amides is 1. The number of hydrogen-bond acceptors (Lipinski definition) is 2. The van der Waals surface area contributed by atoms with Crippen molar-refractivity contribution < 1.29 is 22.7 Å². The quantitative estimate of drug-likeness (QED) is 0.841. The highest BCUT2D eigenvalue weighted by atomic mass is 79.9. The SMILES string of the molecule is O=C(COc1cccc(Br)c1)Nc1ccc(F)c(F)c1F. The minimum Gasteiger partial charge on any atom is -0.484 e. The lowest BCUT2D eigenvalue weighted by Gasteiger charge is -2.09. The van der Waals surface area contributed by atoms with Crippen LogP contribution >= 0.6 is 15.9 Å². The van der Waals surface area contributed by atoms with Crippen LogP contribution in [0.15, 0.2) is 40.9 Å². The first kappa shape index (κ1) is 15.4. The van der Waals surface area contributed by atoms with Crippen LogP contribution in [0.1, 0.15) is 0 Å². The average molecular weight is 360 g/mol. The zero-order valence-corrected chi connectivity index (χ0v) is 12.1. The Morgan fingerprint density at radius 3 is 2.62 bits per heavy atom. The molecule has 2 rings (SSSR count). The maximum Gasteiger partial charge on any atom is 0.262 e. The highest BCUT2D eigenvalue weighted by molar-refractivity contribution is 9.10. The third-order valence-corrected chi connectivity index (χ3v) is 2.97. The summed E-state index contributed by atoms with van der Waals surface area (Å²) in [6, 6.07) is 8.44. The van der Waals surface area contributed by atoms with E-state index in [9.17, 15) is 18.0 Å². The lowest BCUT2D eigenvalue weighted by atomic mass is 10.3. The summed E-state index contributed by atoms with van der Waals surface area (Å²) in [4.78, 5) is 11.6. The van der Waals surface area contributed by atoms with Crippen molar-refractivity contribution in [2.75, 3.05) is 11.9 Å². The standard InChI is InChI=1S/C14H9BrF3NO2/c15-8-2-1-3-9(6-8)21-7-12(20)19-11-5-4-10(16)13(17)14(11)18/h1-6H,7H2,(H,19,20). The molecule has 0 aliphatic heterocycles. The van der Waals surface area contributed by atoms with Gasteiger partial charge in [0.2, 0.25) is 0 Å². The van der Waals surface area contributed by atoms with E-state index in [1.54, 1.807) is 24.3 Å². The average Bonchev–Trinajstić information content (AvgIpc) is 2.46. The van der Waals surface area contributed by atoms with Crippen molar-refractivity contribution in [2.24, 2.45) is 0 Å². The molecule has 21 heavy (non-hydrogen) atoms. The van der Waals surface area contributed by atoms with Crippen LogP contribution in [-0.2, 0) is 4.79 Å². The van der Waals surface area contributed by atoms with E-state index in [1.165, 1.54) is 0 Å². The van der Waals surface area contributed by atoms with Gasteiger partial charge < -0.3 is 10.1 Å². The van der Waals surface area contributed by atoms with Crippen molar-refractivity contribution in [3.63, 3.8) is 0 Å². The van der Waals surface area contributed by atoms with Gasteiger partial charge in [-0.15, -0.1) is 0 Å². The predicted molar refractivity (Wildman–Crippen MR) is 74.6 cm³/mol. The highest BCUT2D eigenvalue weighted by Crippen LogP contribution is 2.20. The Kier molecular flexibility index (Phi) is 4.85.